The number of hydrogen-bond donors (Lipinski definition) is 1. The highest BCUT2D eigenvalue weighted by Crippen LogP contribution is 2.16. The van der Waals surface area contributed by atoms with E-state index >= 15 is 0 Å². The highest BCUT2D eigenvalue weighted by molar-refractivity contribution is 7.78. The molecule has 1 aromatic heterocycles. The Hall–Kier alpha value is -0.980. The fourth-order valence-electron chi connectivity index (χ4n) is 1.04. The SMILES string of the molecule is O=C(O)Cc1cnc(Cl)c(CS(=O)[O-])c1. The van der Waals surface area contributed by atoms with E-state index in [-0.39, 0.29) is 17.3 Å². The van der Waals surface area contributed by atoms with Crippen molar-refractivity contribution in [1.82, 2.24) is 4.98 Å². The number of nitrogens with zero attached hydrogens (tertiary/aromatic N) is 1. The van der Waals surface area contributed by atoms with Crippen molar-refractivity contribution in [2.45, 2.75) is 12.2 Å². The van der Waals surface area contributed by atoms with Crippen molar-refractivity contribution in [3.63, 3.8) is 0 Å². The number of carboxylic acid groups (broad SMARTS) is 1. The van der Waals surface area contributed by atoms with Crippen LogP contribution >= 0.6 is 11.6 Å². The van der Waals surface area contributed by atoms with Gasteiger partial charge in [-0.15, -0.1) is 0 Å². The maximum absolute atomic E-state index is 10.5. The summed E-state index contributed by atoms with van der Waals surface area (Å²) < 4.78 is 20.9. The summed E-state index contributed by atoms with van der Waals surface area (Å²) in [7, 11) is 0. The first-order valence-electron chi connectivity index (χ1n) is 3.90. The lowest BCUT2D eigenvalue weighted by Crippen LogP contribution is -2.03. The third kappa shape index (κ3) is 3.94. The molecular formula is C8H7ClNO4S-. The molecule has 1 unspecified atom stereocenters. The normalized spacial score (nSPS) is 12.4. The molecule has 1 atom stereocenters. The highest BCUT2D eigenvalue weighted by Gasteiger charge is 2.06. The zero-order valence-electron chi connectivity index (χ0n) is 7.47. The van der Waals surface area contributed by atoms with E-state index in [0.29, 0.717) is 11.1 Å². The van der Waals surface area contributed by atoms with Gasteiger partial charge in [-0.25, -0.2) is 4.98 Å². The van der Waals surface area contributed by atoms with Crippen molar-refractivity contribution in [3.05, 3.63) is 28.5 Å². The molecule has 0 aromatic carbocycles. The molecule has 82 valence electrons. The van der Waals surface area contributed by atoms with Crippen LogP contribution in [-0.2, 0) is 28.0 Å². The second kappa shape index (κ2) is 5.20. The van der Waals surface area contributed by atoms with E-state index in [2.05, 4.69) is 4.98 Å². The van der Waals surface area contributed by atoms with Crippen LogP contribution in [0, 0.1) is 0 Å². The third-order valence-electron chi connectivity index (χ3n) is 1.60. The molecule has 0 bridgehead atoms. The molecule has 1 N–H and O–H groups in total. The number of carbonyl (C=O) groups is 1. The van der Waals surface area contributed by atoms with Crippen LogP contribution in [0.15, 0.2) is 12.3 Å². The predicted molar refractivity (Wildman–Crippen MR) is 53.2 cm³/mol. The summed E-state index contributed by atoms with van der Waals surface area (Å²) in [6.07, 6.45) is 1.11. The molecule has 1 aromatic rings. The second-order valence-corrected chi connectivity index (χ2v) is 4.07. The number of aliphatic carboxylic acids is 1. The van der Waals surface area contributed by atoms with Gasteiger partial charge >= 0.3 is 5.97 Å². The second-order valence-electron chi connectivity index (χ2n) is 2.81. The van der Waals surface area contributed by atoms with Crippen LogP contribution in [0.2, 0.25) is 5.15 Å². The molecule has 15 heavy (non-hydrogen) atoms. The minimum absolute atomic E-state index is 0.0772. The van der Waals surface area contributed by atoms with Crippen LogP contribution in [0.25, 0.3) is 0 Å². The Morgan fingerprint density at radius 3 is 2.87 bits per heavy atom. The zero-order chi connectivity index (χ0) is 11.4. The summed E-state index contributed by atoms with van der Waals surface area (Å²) in [5.41, 5.74) is 0.733. The Morgan fingerprint density at radius 1 is 1.67 bits per heavy atom. The lowest BCUT2D eigenvalue weighted by atomic mass is 10.2. The van der Waals surface area contributed by atoms with Gasteiger partial charge in [0.1, 0.15) is 5.15 Å². The minimum atomic E-state index is -2.27. The molecule has 0 saturated heterocycles. The smallest absolute Gasteiger partial charge is 0.307 e. The van der Waals surface area contributed by atoms with Gasteiger partial charge in [-0.3, -0.25) is 9.00 Å². The highest BCUT2D eigenvalue weighted by atomic mass is 35.5. The Morgan fingerprint density at radius 2 is 2.33 bits per heavy atom. The maximum Gasteiger partial charge on any atom is 0.307 e. The van der Waals surface area contributed by atoms with Crippen molar-refractivity contribution in [3.8, 4) is 0 Å². The Kier molecular flexibility index (Phi) is 4.19. The van der Waals surface area contributed by atoms with E-state index in [1.54, 1.807) is 0 Å². The molecular weight excluding hydrogens is 242 g/mol. The molecule has 0 saturated carbocycles. The van der Waals surface area contributed by atoms with E-state index in [0.717, 1.165) is 0 Å². The van der Waals surface area contributed by atoms with Gasteiger partial charge in [0.2, 0.25) is 0 Å². The van der Waals surface area contributed by atoms with Crippen molar-refractivity contribution < 1.29 is 18.7 Å². The number of pyridine rings is 1. The summed E-state index contributed by atoms with van der Waals surface area (Å²) >= 11 is 3.38. The molecule has 0 aliphatic rings. The van der Waals surface area contributed by atoms with Crippen molar-refractivity contribution in [2.24, 2.45) is 0 Å². The van der Waals surface area contributed by atoms with Crippen LogP contribution in [0.3, 0.4) is 0 Å². The number of rotatable bonds is 4. The summed E-state index contributed by atoms with van der Waals surface area (Å²) in [6, 6.07) is 1.43. The number of aromatic nitrogens is 1. The number of carboxylic acids is 1. The molecule has 0 aliphatic carbocycles. The van der Waals surface area contributed by atoms with Crippen LogP contribution in [0.1, 0.15) is 11.1 Å². The van der Waals surface area contributed by atoms with Gasteiger partial charge in [0.15, 0.2) is 0 Å². The quantitative estimate of drug-likeness (QED) is 0.627. The monoisotopic (exact) mass is 248 g/mol. The van der Waals surface area contributed by atoms with Gasteiger partial charge in [-0.2, -0.15) is 0 Å². The molecule has 0 spiro atoms. The van der Waals surface area contributed by atoms with Gasteiger partial charge in [0, 0.05) is 17.5 Å². The standard InChI is InChI=1S/C8H8ClNO4S/c9-8-6(4-15(13)14)1-5(3-10-8)2-7(11)12/h1,3H,2,4H2,(H,11,12)(H,13,14)/p-1. The van der Waals surface area contributed by atoms with Crippen molar-refractivity contribution >= 4 is 28.7 Å². The number of halogens is 1. The molecule has 0 aliphatic heterocycles. The van der Waals surface area contributed by atoms with Crippen molar-refractivity contribution in [1.29, 1.82) is 0 Å². The van der Waals surface area contributed by atoms with Crippen LogP contribution in [-0.4, -0.2) is 24.8 Å². The lowest BCUT2D eigenvalue weighted by Gasteiger charge is -2.07. The minimum Gasteiger partial charge on any atom is -0.772 e. The molecule has 0 amide bonds. The topological polar surface area (TPSA) is 90.3 Å². The maximum atomic E-state index is 10.5. The van der Waals surface area contributed by atoms with Crippen LogP contribution in [0.5, 0.6) is 0 Å². The Balaban J connectivity index is 2.94. The van der Waals surface area contributed by atoms with E-state index < -0.39 is 17.0 Å². The van der Waals surface area contributed by atoms with Crippen LogP contribution in [0.4, 0.5) is 0 Å². The molecule has 1 rings (SSSR count). The van der Waals surface area contributed by atoms with Crippen LogP contribution < -0.4 is 0 Å². The fourth-order valence-corrected chi connectivity index (χ4v) is 1.77. The Bertz CT molecular complexity index is 410. The first-order chi connectivity index (χ1) is 6.99. The molecule has 5 nitrogen and oxygen atoms in total. The first kappa shape index (κ1) is 12.1. The molecule has 1 heterocycles. The zero-order valence-corrected chi connectivity index (χ0v) is 9.05. The van der Waals surface area contributed by atoms with Gasteiger partial charge < -0.3 is 9.66 Å². The third-order valence-corrected chi connectivity index (χ3v) is 2.48. The van der Waals surface area contributed by atoms with E-state index in [1.165, 1.54) is 12.3 Å². The lowest BCUT2D eigenvalue weighted by molar-refractivity contribution is -0.136. The molecule has 0 radical (unpaired) electrons. The van der Waals surface area contributed by atoms with E-state index in [1.807, 2.05) is 0 Å². The van der Waals surface area contributed by atoms with E-state index in [4.69, 9.17) is 16.7 Å². The summed E-state index contributed by atoms with van der Waals surface area (Å²) in [6.45, 7) is 0. The summed E-state index contributed by atoms with van der Waals surface area (Å²) in [5, 5.41) is 8.60. The largest absolute Gasteiger partial charge is 0.772 e. The average molecular weight is 249 g/mol. The summed E-state index contributed by atoms with van der Waals surface area (Å²) in [5.74, 6) is -1.27. The average Bonchev–Trinajstić information content (AvgIpc) is 2.09. The predicted octanol–water partition coefficient (Wildman–Crippen LogP) is 0.741. The van der Waals surface area contributed by atoms with Gasteiger partial charge in [0.25, 0.3) is 0 Å². The fraction of sp³-hybridized carbons (Fsp3) is 0.250. The molecule has 0 fully saturated rings. The van der Waals surface area contributed by atoms with Crippen molar-refractivity contribution in [2.75, 3.05) is 0 Å². The Labute approximate surface area is 93.4 Å². The van der Waals surface area contributed by atoms with Gasteiger partial charge in [-0.05, 0) is 11.6 Å². The van der Waals surface area contributed by atoms with E-state index in [9.17, 15) is 13.6 Å². The summed E-state index contributed by atoms with van der Waals surface area (Å²) in [4.78, 5) is 14.1. The first-order valence-corrected chi connectivity index (χ1v) is 5.52. The molecule has 7 heteroatoms. The van der Waals surface area contributed by atoms with Gasteiger partial charge in [-0.1, -0.05) is 22.7 Å². The van der Waals surface area contributed by atoms with Gasteiger partial charge in [0.05, 0.1) is 6.42 Å². The number of hydrogen-bond acceptors (Lipinski definition) is 4.